The molecule has 0 aromatic heterocycles. The van der Waals surface area contributed by atoms with Crippen LogP contribution in [0.4, 0.5) is 0 Å². The first-order chi connectivity index (χ1) is 7.50. The second kappa shape index (κ2) is 4.02. The van der Waals surface area contributed by atoms with Crippen LogP contribution in [0.1, 0.15) is 46.5 Å². The van der Waals surface area contributed by atoms with Gasteiger partial charge in [0.2, 0.25) is 5.91 Å². The quantitative estimate of drug-likeness (QED) is 0.766. The summed E-state index contributed by atoms with van der Waals surface area (Å²) in [5.41, 5.74) is 0.238. The Morgan fingerprint density at radius 3 is 2.38 bits per heavy atom. The van der Waals surface area contributed by atoms with Crippen LogP contribution in [0.25, 0.3) is 0 Å². The summed E-state index contributed by atoms with van der Waals surface area (Å²) in [5.74, 6) is 0.298. The van der Waals surface area contributed by atoms with Gasteiger partial charge in [-0.05, 0) is 44.2 Å². The van der Waals surface area contributed by atoms with Gasteiger partial charge < -0.3 is 10.6 Å². The smallest absolute Gasteiger partial charge is 0.226 e. The SMILES string of the molecule is CCC1(C(=O)NC2CC2(C)C)CCNCC1. The molecule has 3 nitrogen and oxygen atoms in total. The molecule has 0 aromatic carbocycles. The van der Waals surface area contributed by atoms with Crippen LogP contribution in [0.2, 0.25) is 0 Å². The van der Waals surface area contributed by atoms with Crippen molar-refractivity contribution in [1.29, 1.82) is 0 Å². The average molecular weight is 224 g/mol. The second-order valence-electron chi connectivity index (χ2n) is 6.10. The van der Waals surface area contributed by atoms with Crippen molar-refractivity contribution >= 4 is 5.91 Å². The highest BCUT2D eigenvalue weighted by Crippen LogP contribution is 2.45. The topological polar surface area (TPSA) is 41.1 Å². The Balaban J connectivity index is 1.96. The van der Waals surface area contributed by atoms with E-state index in [4.69, 9.17) is 0 Å². The molecule has 2 rings (SSSR count). The van der Waals surface area contributed by atoms with Crippen LogP contribution >= 0.6 is 0 Å². The maximum absolute atomic E-state index is 12.4. The third-order valence-corrected chi connectivity index (χ3v) is 4.54. The zero-order chi connectivity index (χ0) is 11.8. The van der Waals surface area contributed by atoms with Crippen LogP contribution in [-0.4, -0.2) is 25.0 Å². The average Bonchev–Trinajstić information content (AvgIpc) is 2.87. The lowest BCUT2D eigenvalue weighted by Crippen LogP contribution is -2.48. The van der Waals surface area contributed by atoms with Crippen molar-refractivity contribution in [1.82, 2.24) is 10.6 Å². The number of hydrogen-bond acceptors (Lipinski definition) is 2. The number of nitrogens with one attached hydrogen (secondary N) is 2. The minimum absolute atomic E-state index is 0.0933. The Morgan fingerprint density at radius 2 is 1.94 bits per heavy atom. The standard InChI is InChI=1S/C13H24N2O/c1-4-13(5-7-14-8-6-13)11(16)15-10-9-12(10,2)3/h10,14H,4-9H2,1-3H3,(H,15,16). The predicted molar refractivity (Wildman–Crippen MR) is 65.2 cm³/mol. The third-order valence-electron chi connectivity index (χ3n) is 4.54. The van der Waals surface area contributed by atoms with Gasteiger partial charge in [-0.2, -0.15) is 0 Å². The predicted octanol–water partition coefficient (Wildman–Crippen LogP) is 1.68. The molecule has 1 saturated heterocycles. The van der Waals surface area contributed by atoms with Gasteiger partial charge in [-0.3, -0.25) is 4.79 Å². The van der Waals surface area contributed by atoms with E-state index in [0.29, 0.717) is 17.4 Å². The van der Waals surface area contributed by atoms with E-state index in [1.807, 2.05) is 0 Å². The van der Waals surface area contributed by atoms with Crippen LogP contribution in [0.3, 0.4) is 0 Å². The molecule has 1 unspecified atom stereocenters. The van der Waals surface area contributed by atoms with Gasteiger partial charge in [-0.15, -0.1) is 0 Å². The van der Waals surface area contributed by atoms with Gasteiger partial charge in [-0.25, -0.2) is 0 Å². The molecule has 1 amide bonds. The van der Waals surface area contributed by atoms with E-state index >= 15 is 0 Å². The lowest BCUT2D eigenvalue weighted by Gasteiger charge is -2.35. The van der Waals surface area contributed by atoms with Gasteiger partial charge in [0.1, 0.15) is 0 Å². The second-order valence-corrected chi connectivity index (χ2v) is 6.10. The van der Waals surface area contributed by atoms with E-state index in [1.54, 1.807) is 0 Å². The molecular weight excluding hydrogens is 200 g/mol. The van der Waals surface area contributed by atoms with E-state index in [-0.39, 0.29) is 5.41 Å². The largest absolute Gasteiger partial charge is 0.352 e. The highest BCUT2D eigenvalue weighted by molar-refractivity contribution is 5.83. The molecule has 1 aliphatic heterocycles. The van der Waals surface area contributed by atoms with Gasteiger partial charge in [0.25, 0.3) is 0 Å². The first kappa shape index (κ1) is 11.9. The van der Waals surface area contributed by atoms with E-state index in [9.17, 15) is 4.79 Å². The monoisotopic (exact) mass is 224 g/mol. The highest BCUT2D eigenvalue weighted by atomic mass is 16.2. The van der Waals surface area contributed by atoms with Gasteiger partial charge >= 0.3 is 0 Å². The number of rotatable bonds is 3. The fraction of sp³-hybridized carbons (Fsp3) is 0.923. The summed E-state index contributed by atoms with van der Waals surface area (Å²) in [6.45, 7) is 8.55. The summed E-state index contributed by atoms with van der Waals surface area (Å²) in [6.07, 6.45) is 4.08. The Labute approximate surface area is 98.4 Å². The zero-order valence-corrected chi connectivity index (χ0v) is 10.7. The van der Waals surface area contributed by atoms with Crippen molar-refractivity contribution in [3.8, 4) is 0 Å². The molecule has 2 N–H and O–H groups in total. The van der Waals surface area contributed by atoms with E-state index in [0.717, 1.165) is 38.8 Å². The van der Waals surface area contributed by atoms with Crippen LogP contribution in [0, 0.1) is 10.8 Å². The Morgan fingerprint density at radius 1 is 1.38 bits per heavy atom. The molecule has 1 saturated carbocycles. The summed E-state index contributed by atoms with van der Waals surface area (Å²) in [6, 6.07) is 0.415. The molecule has 92 valence electrons. The molecule has 0 aromatic rings. The Bertz CT molecular complexity index is 280. The summed E-state index contributed by atoms with van der Waals surface area (Å²) >= 11 is 0. The molecule has 1 heterocycles. The highest BCUT2D eigenvalue weighted by Gasteiger charge is 2.49. The Kier molecular flexibility index (Phi) is 2.99. The maximum atomic E-state index is 12.4. The number of carbonyl (C=O) groups excluding carboxylic acids is 1. The molecule has 2 aliphatic rings. The van der Waals surface area contributed by atoms with Gasteiger partial charge in [-0.1, -0.05) is 20.8 Å². The number of carbonyl (C=O) groups is 1. The van der Waals surface area contributed by atoms with Crippen LogP contribution in [0.15, 0.2) is 0 Å². The normalized spacial score (nSPS) is 30.8. The number of amides is 1. The number of hydrogen-bond donors (Lipinski definition) is 2. The molecule has 16 heavy (non-hydrogen) atoms. The van der Waals surface area contributed by atoms with E-state index < -0.39 is 0 Å². The van der Waals surface area contributed by atoms with Gasteiger partial charge in [0.15, 0.2) is 0 Å². The van der Waals surface area contributed by atoms with Crippen molar-refractivity contribution in [2.45, 2.75) is 52.5 Å². The maximum Gasteiger partial charge on any atom is 0.226 e. The fourth-order valence-electron chi connectivity index (χ4n) is 2.67. The molecule has 1 atom stereocenters. The Hall–Kier alpha value is -0.570. The molecular formula is C13H24N2O. The summed E-state index contributed by atoms with van der Waals surface area (Å²) in [7, 11) is 0. The molecule has 0 spiro atoms. The zero-order valence-electron chi connectivity index (χ0n) is 10.7. The van der Waals surface area contributed by atoms with Crippen LogP contribution in [-0.2, 0) is 4.79 Å². The number of piperidine rings is 1. The first-order valence-electron chi connectivity index (χ1n) is 6.52. The molecule has 0 radical (unpaired) electrons. The molecule has 3 heteroatoms. The van der Waals surface area contributed by atoms with Gasteiger partial charge in [0.05, 0.1) is 5.41 Å². The van der Waals surface area contributed by atoms with E-state index in [2.05, 4.69) is 31.4 Å². The van der Waals surface area contributed by atoms with Crippen molar-refractivity contribution in [2.24, 2.45) is 10.8 Å². The minimum atomic E-state index is -0.0933. The molecule has 0 bridgehead atoms. The molecule has 2 fully saturated rings. The summed E-state index contributed by atoms with van der Waals surface area (Å²) in [5, 5.41) is 6.57. The summed E-state index contributed by atoms with van der Waals surface area (Å²) < 4.78 is 0. The lowest BCUT2D eigenvalue weighted by molar-refractivity contribution is -0.133. The van der Waals surface area contributed by atoms with Gasteiger partial charge in [0, 0.05) is 6.04 Å². The fourth-order valence-corrected chi connectivity index (χ4v) is 2.67. The molecule has 1 aliphatic carbocycles. The van der Waals surface area contributed by atoms with E-state index in [1.165, 1.54) is 0 Å². The van der Waals surface area contributed by atoms with Crippen LogP contribution in [0.5, 0.6) is 0 Å². The summed E-state index contributed by atoms with van der Waals surface area (Å²) in [4.78, 5) is 12.4. The van der Waals surface area contributed by atoms with Crippen molar-refractivity contribution < 1.29 is 4.79 Å². The van der Waals surface area contributed by atoms with Crippen molar-refractivity contribution in [2.75, 3.05) is 13.1 Å². The third kappa shape index (κ3) is 2.10. The minimum Gasteiger partial charge on any atom is -0.352 e. The first-order valence-corrected chi connectivity index (χ1v) is 6.52. The van der Waals surface area contributed by atoms with Crippen molar-refractivity contribution in [3.63, 3.8) is 0 Å². The van der Waals surface area contributed by atoms with Crippen LogP contribution < -0.4 is 10.6 Å². The lowest BCUT2D eigenvalue weighted by atomic mass is 9.76. The van der Waals surface area contributed by atoms with Crippen molar-refractivity contribution in [3.05, 3.63) is 0 Å².